The van der Waals surface area contributed by atoms with Crippen molar-refractivity contribution in [3.05, 3.63) is 200 Å². The third-order valence-corrected chi connectivity index (χ3v) is 9.80. The number of hydrogen-bond donors (Lipinski definition) is 0. The zero-order chi connectivity index (χ0) is 49.0. The normalized spacial score (nSPS) is 14.5. The van der Waals surface area contributed by atoms with Crippen molar-refractivity contribution >= 4 is 32.8 Å². The Bertz CT molecular complexity index is 3780. The number of hydrogen-bond acceptors (Lipinski definition) is 2. The molecule has 0 bridgehead atoms. The first-order chi connectivity index (χ1) is 32.9. The molecule has 0 aliphatic carbocycles. The maximum Gasteiger partial charge on any atom is 0.268 e. The maximum atomic E-state index is 9.32. The standard InChI is InChI=1S/C52H38N4O.Pt/c1-52(2,3)38-30-31-53-50(32-38)56-46-25-11-10-22-44(46)45-29-28-41(34-49(45)56)57-40-21-14-20-39(33-40)54-35-55(48-27-13-12-26-47(48)54)51-42(36-16-6-4-7-17-36)23-15-24-43(51)37-18-8-5-9-19-37;/h4-32H,1-3H3;/q-2;/i4D,5D,6D,7D,8D,15D,16D,17D,18D,19D,23D,24D;. The molecule has 3 heterocycles. The summed E-state index contributed by atoms with van der Waals surface area (Å²) in [7, 11) is 0. The predicted octanol–water partition coefficient (Wildman–Crippen LogP) is 12.2. The number of imidazole rings is 1. The molecule has 0 radical (unpaired) electrons. The van der Waals surface area contributed by atoms with Gasteiger partial charge in [0.25, 0.3) is 6.33 Å². The van der Waals surface area contributed by atoms with Gasteiger partial charge < -0.3 is 13.9 Å². The van der Waals surface area contributed by atoms with Crippen molar-refractivity contribution in [1.29, 1.82) is 0 Å². The number of aromatic nitrogens is 4. The Hall–Kier alpha value is -6.55. The third-order valence-electron chi connectivity index (χ3n) is 9.80. The first kappa shape index (κ1) is 25.6. The van der Waals surface area contributed by atoms with E-state index in [9.17, 15) is 2.74 Å². The largest absolute Gasteiger partial charge is 0.510 e. The minimum atomic E-state index is -0.719. The fourth-order valence-corrected chi connectivity index (χ4v) is 7.10. The van der Waals surface area contributed by atoms with Crippen LogP contribution >= 0.6 is 0 Å². The number of rotatable bonds is 7. The van der Waals surface area contributed by atoms with Gasteiger partial charge in [-0.2, -0.15) is 18.2 Å². The number of pyridine rings is 1. The molecule has 3 aromatic heterocycles. The quantitative estimate of drug-likeness (QED) is 0.118. The number of ether oxygens (including phenoxy) is 1. The van der Waals surface area contributed by atoms with Crippen LogP contribution in [-0.2, 0) is 26.5 Å². The Labute approximate surface area is 369 Å². The molecular weight excluding hydrogens is 892 g/mol. The summed E-state index contributed by atoms with van der Waals surface area (Å²) in [4.78, 5) is 4.78. The molecule has 0 unspecified atom stereocenters. The number of nitrogens with zero attached hydrogens (tertiary/aromatic N) is 4. The molecule has 0 saturated heterocycles. The van der Waals surface area contributed by atoms with Crippen LogP contribution in [0.25, 0.3) is 72.3 Å². The van der Waals surface area contributed by atoms with Crippen molar-refractivity contribution in [2.75, 3.05) is 0 Å². The fourth-order valence-electron chi connectivity index (χ4n) is 7.10. The van der Waals surface area contributed by atoms with Gasteiger partial charge in [0.2, 0.25) is 0 Å². The van der Waals surface area contributed by atoms with E-state index < -0.39 is 78.1 Å². The molecule has 284 valence electrons. The third kappa shape index (κ3) is 6.62. The summed E-state index contributed by atoms with van der Waals surface area (Å²) in [5.74, 6) is 1.42. The van der Waals surface area contributed by atoms with Crippen LogP contribution in [0.5, 0.6) is 11.5 Å². The zero-order valence-corrected chi connectivity index (χ0v) is 33.6. The first-order valence-electron chi connectivity index (χ1n) is 24.2. The van der Waals surface area contributed by atoms with Crippen LogP contribution in [0.4, 0.5) is 0 Å². The van der Waals surface area contributed by atoms with E-state index in [1.807, 2.05) is 42.6 Å². The molecule has 0 aliphatic rings. The molecule has 6 heteroatoms. The molecule has 7 aromatic carbocycles. The molecule has 10 rings (SSSR count). The number of fused-ring (bicyclic) bond motifs is 4. The monoisotopic (exact) mass is 941 g/mol. The van der Waals surface area contributed by atoms with E-state index in [1.54, 1.807) is 47.0 Å². The summed E-state index contributed by atoms with van der Waals surface area (Å²) >= 11 is 0. The Balaban J connectivity index is 0.00000608. The first-order valence-corrected chi connectivity index (χ1v) is 18.2. The van der Waals surface area contributed by atoms with Crippen molar-refractivity contribution in [1.82, 2.24) is 14.1 Å². The molecule has 0 N–H and O–H groups in total. The van der Waals surface area contributed by atoms with E-state index in [0.717, 1.165) is 39.3 Å². The van der Waals surface area contributed by atoms with Gasteiger partial charge >= 0.3 is 0 Å². The fraction of sp³-hybridized carbons (Fsp3) is 0.0769. The summed E-state index contributed by atoms with van der Waals surface area (Å²) in [6.45, 7) is 6.46. The van der Waals surface area contributed by atoms with Crippen LogP contribution in [0.15, 0.2) is 176 Å². The van der Waals surface area contributed by atoms with Gasteiger partial charge in [-0.3, -0.25) is 4.57 Å². The molecule has 0 aliphatic heterocycles. The maximum absolute atomic E-state index is 9.32. The second kappa shape index (κ2) is 15.1. The van der Waals surface area contributed by atoms with E-state index in [2.05, 4.69) is 55.9 Å². The van der Waals surface area contributed by atoms with Gasteiger partial charge in [0.1, 0.15) is 5.82 Å². The van der Waals surface area contributed by atoms with Crippen molar-refractivity contribution in [3.8, 4) is 50.9 Å². The van der Waals surface area contributed by atoms with Crippen LogP contribution in [-0.4, -0.2) is 14.1 Å². The Morgan fingerprint density at radius 2 is 1.38 bits per heavy atom. The van der Waals surface area contributed by atoms with E-state index in [-0.39, 0.29) is 48.9 Å². The van der Waals surface area contributed by atoms with Gasteiger partial charge in [-0.25, -0.2) is 4.98 Å². The van der Waals surface area contributed by atoms with Crippen LogP contribution in [0.2, 0.25) is 0 Å². The molecule has 0 saturated carbocycles. The minimum Gasteiger partial charge on any atom is -0.510 e. The zero-order valence-electron chi connectivity index (χ0n) is 43.3. The molecule has 58 heavy (non-hydrogen) atoms. The Morgan fingerprint density at radius 3 is 2.19 bits per heavy atom. The SMILES string of the molecule is [2H]c1cc([2H])c(-c2c([2H])c([2H])c([2H])c(-c3c([2H])c([2H])c([2H])c([2H])c3[2H])c2-[n+]2[c-]n(-c3[c-]c(Oc4[c-]c5c(cc4)c4ccccc4n5-c4cc(C(C)(C)C)ccn4)ccc3)c3ccccc32)c([2H])c1[2H].[Pt]. The molecule has 10 aromatic rings. The van der Waals surface area contributed by atoms with E-state index in [4.69, 9.17) is 23.4 Å². The smallest absolute Gasteiger partial charge is 0.268 e. The van der Waals surface area contributed by atoms with Gasteiger partial charge in [0, 0.05) is 44.3 Å². The average molecular weight is 942 g/mol. The van der Waals surface area contributed by atoms with Crippen LogP contribution in [0.1, 0.15) is 42.8 Å². The number of benzene rings is 7. The summed E-state index contributed by atoms with van der Waals surface area (Å²) in [6, 6.07) is 28.5. The van der Waals surface area contributed by atoms with Crippen molar-refractivity contribution in [3.63, 3.8) is 0 Å². The van der Waals surface area contributed by atoms with Crippen molar-refractivity contribution in [2.45, 2.75) is 26.2 Å². The van der Waals surface area contributed by atoms with Crippen LogP contribution in [0, 0.1) is 18.5 Å². The van der Waals surface area contributed by atoms with Crippen molar-refractivity contribution < 1.29 is 46.8 Å². The summed E-state index contributed by atoms with van der Waals surface area (Å²) in [6.07, 6.45) is 5.08. The molecule has 0 spiro atoms. The van der Waals surface area contributed by atoms with E-state index >= 15 is 0 Å². The molecule has 0 amide bonds. The van der Waals surface area contributed by atoms with Gasteiger partial charge in [-0.1, -0.05) is 147 Å². The Kier molecular flexibility index (Phi) is 6.67. The second-order valence-electron chi connectivity index (χ2n) is 14.4. The summed E-state index contributed by atoms with van der Waals surface area (Å²) < 4.78 is 117. The van der Waals surface area contributed by atoms with Gasteiger partial charge in [-0.05, 0) is 62.5 Å². The molecule has 0 fully saturated rings. The molecule has 5 nitrogen and oxygen atoms in total. The topological polar surface area (TPSA) is 35.9 Å². The number of para-hydroxylation sites is 4. The summed E-state index contributed by atoms with van der Waals surface area (Å²) in [5, 5.41) is 1.97. The average Bonchev–Trinajstić information content (AvgIpc) is 3.88. The summed E-state index contributed by atoms with van der Waals surface area (Å²) in [5.41, 5.74) is 2.28. The van der Waals surface area contributed by atoms with Crippen LogP contribution in [0.3, 0.4) is 0 Å². The second-order valence-corrected chi connectivity index (χ2v) is 14.4. The van der Waals surface area contributed by atoms with E-state index in [0.29, 0.717) is 28.2 Å². The van der Waals surface area contributed by atoms with E-state index in [1.165, 1.54) is 4.57 Å². The van der Waals surface area contributed by atoms with Gasteiger partial charge in [0.05, 0.1) is 33.2 Å². The predicted molar refractivity (Wildman–Crippen MR) is 230 cm³/mol. The van der Waals surface area contributed by atoms with Crippen molar-refractivity contribution in [2.24, 2.45) is 0 Å². The molecular formula is C52H38N4OPt-2. The minimum absolute atomic E-state index is 0. The molecule has 0 atom stereocenters. The Morgan fingerprint density at radius 1 is 0.655 bits per heavy atom. The van der Waals surface area contributed by atoms with Gasteiger partial charge in [0.15, 0.2) is 0 Å². The van der Waals surface area contributed by atoms with Crippen LogP contribution < -0.4 is 9.30 Å². The van der Waals surface area contributed by atoms with Gasteiger partial charge in [-0.15, -0.1) is 29.7 Å².